The second-order valence-corrected chi connectivity index (χ2v) is 4.19. The summed E-state index contributed by atoms with van der Waals surface area (Å²) in [5.74, 6) is -0.0382. The molecule has 1 aromatic rings. The van der Waals surface area contributed by atoms with Crippen LogP contribution in [0.15, 0.2) is 41.0 Å². The van der Waals surface area contributed by atoms with Gasteiger partial charge in [-0.1, -0.05) is 24.3 Å². The third kappa shape index (κ3) is 1.16. The molecule has 1 aromatic carbocycles. The number of hydrogen-bond acceptors (Lipinski definition) is 2. The quantitative estimate of drug-likeness (QED) is 0.705. The number of nitrogens with zero attached hydrogens (tertiary/aromatic N) is 1. The van der Waals surface area contributed by atoms with Crippen LogP contribution in [0.3, 0.4) is 0 Å². The number of allylic oxidation sites excluding steroid dienone is 2. The molecule has 72 valence electrons. The number of Topliss-reactive ketones (excluding diaryl/α,β-unsaturated/α-hetero) is 1. The second kappa shape index (κ2) is 3.00. The molecule has 1 aliphatic carbocycles. The summed E-state index contributed by atoms with van der Waals surface area (Å²) >= 11 is 3.15. The molecule has 0 saturated heterocycles. The van der Waals surface area contributed by atoms with Crippen molar-refractivity contribution in [2.75, 3.05) is 0 Å². The van der Waals surface area contributed by atoms with Crippen LogP contribution in [0.5, 0.6) is 0 Å². The highest BCUT2D eigenvalue weighted by Gasteiger charge is 2.28. The van der Waals surface area contributed by atoms with Gasteiger partial charge in [-0.3, -0.25) is 4.79 Å². The lowest BCUT2D eigenvalue weighted by molar-refractivity contribution is -0.109. The lowest BCUT2D eigenvalue weighted by Gasteiger charge is -2.08. The average Bonchev–Trinajstić information content (AvgIpc) is 2.63. The van der Waals surface area contributed by atoms with E-state index in [-0.39, 0.29) is 5.78 Å². The van der Waals surface area contributed by atoms with E-state index in [2.05, 4.69) is 20.9 Å². The van der Waals surface area contributed by atoms with Crippen LogP contribution >= 0.6 is 15.9 Å². The van der Waals surface area contributed by atoms with Crippen LogP contribution in [0.25, 0.3) is 11.6 Å². The first-order valence-electron chi connectivity index (χ1n) is 4.57. The molecule has 0 spiro atoms. The van der Waals surface area contributed by atoms with Gasteiger partial charge in [-0.2, -0.15) is 0 Å². The van der Waals surface area contributed by atoms with Gasteiger partial charge in [-0.15, -0.1) is 0 Å². The van der Waals surface area contributed by atoms with Crippen LogP contribution in [0.4, 0.5) is 0 Å². The Labute approximate surface area is 95.2 Å². The zero-order chi connectivity index (χ0) is 10.4. The van der Waals surface area contributed by atoms with Crippen LogP contribution in [-0.4, -0.2) is 10.4 Å². The van der Waals surface area contributed by atoms with Crippen LogP contribution in [0.1, 0.15) is 11.1 Å². The molecule has 1 heterocycles. The molecule has 0 atom stereocenters. The van der Waals surface area contributed by atoms with E-state index >= 15 is 0 Å². The Bertz CT molecular complexity index is 567. The highest BCUT2D eigenvalue weighted by molar-refractivity contribution is 9.19. The monoisotopic (exact) mass is 259 g/mol. The van der Waals surface area contributed by atoms with Gasteiger partial charge in [0.1, 0.15) is 0 Å². The minimum Gasteiger partial charge on any atom is -0.286 e. The molecule has 0 radical (unpaired) electrons. The molecule has 1 aliphatic heterocycles. The van der Waals surface area contributed by atoms with E-state index in [0.29, 0.717) is 4.62 Å². The van der Waals surface area contributed by atoms with E-state index in [1.807, 2.05) is 30.3 Å². The van der Waals surface area contributed by atoms with E-state index < -0.39 is 0 Å². The number of halogens is 1. The number of hydrogen-bond donors (Lipinski definition) is 0. The number of carbonyl (C=O) groups is 1. The van der Waals surface area contributed by atoms with Crippen molar-refractivity contribution in [3.05, 3.63) is 47.2 Å². The molecular formula is C12H6BrNO. The number of aliphatic imine (C=N–C) groups is 1. The van der Waals surface area contributed by atoms with Gasteiger partial charge in [0.25, 0.3) is 0 Å². The van der Waals surface area contributed by atoms with E-state index in [1.54, 1.807) is 6.20 Å². The van der Waals surface area contributed by atoms with Crippen molar-refractivity contribution >= 4 is 38.0 Å². The summed E-state index contributed by atoms with van der Waals surface area (Å²) < 4.78 is 0.380. The minimum atomic E-state index is -0.0382. The van der Waals surface area contributed by atoms with Crippen LogP contribution in [-0.2, 0) is 4.79 Å². The largest absolute Gasteiger partial charge is 0.286 e. The lowest BCUT2D eigenvalue weighted by Crippen LogP contribution is -2.12. The van der Waals surface area contributed by atoms with Gasteiger partial charge in [0, 0.05) is 17.3 Å². The molecule has 0 saturated carbocycles. The van der Waals surface area contributed by atoms with Crippen LogP contribution in [0.2, 0.25) is 0 Å². The highest BCUT2D eigenvalue weighted by atomic mass is 79.9. The molecule has 2 nitrogen and oxygen atoms in total. The van der Waals surface area contributed by atoms with Crippen molar-refractivity contribution in [1.29, 1.82) is 0 Å². The third-order valence-electron chi connectivity index (χ3n) is 2.58. The summed E-state index contributed by atoms with van der Waals surface area (Å²) in [7, 11) is 0. The maximum absolute atomic E-state index is 11.8. The Morgan fingerprint density at radius 2 is 1.93 bits per heavy atom. The zero-order valence-electron chi connectivity index (χ0n) is 7.70. The summed E-state index contributed by atoms with van der Waals surface area (Å²) in [6.07, 6.45) is 3.66. The molecule has 2 aliphatic rings. The fourth-order valence-corrected chi connectivity index (χ4v) is 2.18. The van der Waals surface area contributed by atoms with Gasteiger partial charge >= 0.3 is 0 Å². The number of benzene rings is 1. The van der Waals surface area contributed by atoms with Gasteiger partial charge in [-0.05, 0) is 33.1 Å². The van der Waals surface area contributed by atoms with Crippen molar-refractivity contribution in [3.8, 4) is 0 Å². The molecule has 0 bridgehead atoms. The van der Waals surface area contributed by atoms with E-state index in [4.69, 9.17) is 0 Å². The molecular weight excluding hydrogens is 254 g/mol. The zero-order valence-corrected chi connectivity index (χ0v) is 9.28. The first-order valence-corrected chi connectivity index (χ1v) is 5.36. The van der Waals surface area contributed by atoms with Crippen molar-refractivity contribution in [2.45, 2.75) is 0 Å². The van der Waals surface area contributed by atoms with Crippen molar-refractivity contribution in [3.63, 3.8) is 0 Å². The number of ketones is 1. The maximum Gasteiger partial charge on any atom is 0.219 e. The first kappa shape index (κ1) is 8.80. The van der Waals surface area contributed by atoms with Crippen molar-refractivity contribution < 1.29 is 4.79 Å². The summed E-state index contributed by atoms with van der Waals surface area (Å²) in [5, 5.41) is 0. The smallest absolute Gasteiger partial charge is 0.219 e. The molecule has 0 unspecified atom stereocenters. The first-order chi connectivity index (χ1) is 7.27. The van der Waals surface area contributed by atoms with Crippen LogP contribution in [0, 0.1) is 0 Å². The SMILES string of the molecule is O=C1C2=Cc3ccccc3C2=CN=C1Br. The third-order valence-corrected chi connectivity index (χ3v) is 3.14. The summed E-state index contributed by atoms with van der Waals surface area (Å²) in [6.45, 7) is 0. The van der Waals surface area contributed by atoms with Gasteiger partial charge in [0.15, 0.2) is 4.62 Å². The Morgan fingerprint density at radius 3 is 2.80 bits per heavy atom. The fraction of sp³-hybridized carbons (Fsp3) is 0. The molecule has 0 aromatic heterocycles. The Morgan fingerprint density at radius 1 is 1.13 bits per heavy atom. The number of fused-ring (bicyclic) bond motifs is 3. The molecule has 15 heavy (non-hydrogen) atoms. The molecule has 0 fully saturated rings. The molecule has 3 heteroatoms. The fourth-order valence-electron chi connectivity index (χ4n) is 1.86. The van der Waals surface area contributed by atoms with E-state index in [0.717, 1.165) is 22.3 Å². The Balaban J connectivity index is 2.26. The second-order valence-electron chi connectivity index (χ2n) is 3.44. The van der Waals surface area contributed by atoms with Gasteiger partial charge in [0.05, 0.1) is 0 Å². The Hall–Kier alpha value is -1.48. The van der Waals surface area contributed by atoms with E-state index in [9.17, 15) is 4.79 Å². The highest BCUT2D eigenvalue weighted by Crippen LogP contribution is 2.37. The van der Waals surface area contributed by atoms with E-state index in [1.165, 1.54) is 0 Å². The van der Waals surface area contributed by atoms with Crippen molar-refractivity contribution in [2.24, 2.45) is 4.99 Å². The topological polar surface area (TPSA) is 29.4 Å². The maximum atomic E-state index is 11.8. The molecule has 0 amide bonds. The average molecular weight is 260 g/mol. The molecule has 0 N–H and O–H groups in total. The number of carbonyl (C=O) groups excluding carboxylic acids is 1. The van der Waals surface area contributed by atoms with Gasteiger partial charge in [-0.25, -0.2) is 4.99 Å². The lowest BCUT2D eigenvalue weighted by atomic mass is 10.0. The van der Waals surface area contributed by atoms with Gasteiger partial charge < -0.3 is 0 Å². The normalized spacial score (nSPS) is 17.7. The summed E-state index contributed by atoms with van der Waals surface area (Å²) in [5.41, 5.74) is 3.84. The molecule has 3 rings (SSSR count). The summed E-state index contributed by atoms with van der Waals surface area (Å²) in [6, 6.07) is 7.94. The summed E-state index contributed by atoms with van der Waals surface area (Å²) in [4.78, 5) is 15.8. The standard InChI is InChI=1S/C12H6BrNO/c13-12-11(15)9-5-7-3-1-2-4-8(7)10(9)6-14-12/h1-6H. The van der Waals surface area contributed by atoms with Crippen molar-refractivity contribution in [1.82, 2.24) is 0 Å². The number of rotatable bonds is 0. The Kier molecular flexibility index (Phi) is 1.76. The minimum absolute atomic E-state index is 0.0382. The van der Waals surface area contributed by atoms with Crippen LogP contribution < -0.4 is 0 Å². The predicted octanol–water partition coefficient (Wildman–Crippen LogP) is 2.80. The van der Waals surface area contributed by atoms with Gasteiger partial charge in [0.2, 0.25) is 5.78 Å². The predicted molar refractivity (Wildman–Crippen MR) is 63.8 cm³/mol.